The van der Waals surface area contributed by atoms with Gasteiger partial charge in [0.1, 0.15) is 0 Å². The smallest absolute Gasteiger partial charge is 0.328 e. The van der Waals surface area contributed by atoms with Crippen molar-refractivity contribution in [3.05, 3.63) is 40.2 Å². The third-order valence-electron chi connectivity index (χ3n) is 2.20. The van der Waals surface area contributed by atoms with Gasteiger partial charge in [0.15, 0.2) is 5.82 Å². The first-order chi connectivity index (χ1) is 9.04. The number of carbonyl (C=O) groups is 2. The molecule has 0 atom stereocenters. The minimum Gasteiger partial charge on any atom is -0.478 e. The first-order valence-electron chi connectivity index (χ1n) is 5.36. The molecule has 0 spiro atoms. The van der Waals surface area contributed by atoms with E-state index in [-0.39, 0.29) is 5.91 Å². The predicted octanol–water partition coefficient (Wildman–Crippen LogP) is 1.83. The molecule has 0 fully saturated rings. The Morgan fingerprint density at radius 2 is 2.21 bits per heavy atom. The van der Waals surface area contributed by atoms with Gasteiger partial charge in [-0.3, -0.25) is 9.48 Å². The van der Waals surface area contributed by atoms with Crippen LogP contribution >= 0.6 is 11.3 Å². The molecule has 19 heavy (non-hydrogen) atoms. The first-order valence-corrected chi connectivity index (χ1v) is 6.18. The molecule has 0 bridgehead atoms. The summed E-state index contributed by atoms with van der Waals surface area (Å²) < 4.78 is 1.59. The molecule has 0 radical (unpaired) electrons. The summed E-state index contributed by atoms with van der Waals surface area (Å²) >= 11 is 1.21. The number of aryl methyl sites for hydroxylation is 1. The maximum atomic E-state index is 11.9. The molecule has 2 aromatic heterocycles. The van der Waals surface area contributed by atoms with Gasteiger partial charge in [-0.1, -0.05) is 0 Å². The molecule has 2 aromatic rings. The molecule has 0 unspecified atom stereocenters. The summed E-state index contributed by atoms with van der Waals surface area (Å²) in [5.41, 5.74) is 0. The van der Waals surface area contributed by atoms with Crippen LogP contribution in [0.1, 0.15) is 14.5 Å². The first kappa shape index (κ1) is 13.0. The molecule has 0 saturated heterocycles. The van der Waals surface area contributed by atoms with Gasteiger partial charge < -0.3 is 10.4 Å². The predicted molar refractivity (Wildman–Crippen MR) is 72.2 cm³/mol. The Hall–Kier alpha value is -2.41. The van der Waals surface area contributed by atoms with Crippen LogP contribution in [-0.2, 0) is 11.8 Å². The van der Waals surface area contributed by atoms with Crippen molar-refractivity contribution >= 4 is 35.1 Å². The van der Waals surface area contributed by atoms with Crippen LogP contribution in [0.25, 0.3) is 6.08 Å². The second-order valence-electron chi connectivity index (χ2n) is 3.70. The highest BCUT2D eigenvalue weighted by molar-refractivity contribution is 7.15. The summed E-state index contributed by atoms with van der Waals surface area (Å²) in [4.78, 5) is 23.5. The van der Waals surface area contributed by atoms with E-state index in [0.29, 0.717) is 15.6 Å². The van der Waals surface area contributed by atoms with Crippen LogP contribution in [0.2, 0.25) is 0 Å². The summed E-state index contributed by atoms with van der Waals surface area (Å²) in [6.45, 7) is 0. The number of rotatable bonds is 4. The maximum Gasteiger partial charge on any atom is 0.328 e. The van der Waals surface area contributed by atoms with Gasteiger partial charge in [-0.2, -0.15) is 5.10 Å². The van der Waals surface area contributed by atoms with E-state index in [4.69, 9.17) is 5.11 Å². The van der Waals surface area contributed by atoms with Gasteiger partial charge in [0.25, 0.3) is 5.91 Å². The normalized spacial score (nSPS) is 10.8. The van der Waals surface area contributed by atoms with E-state index in [1.165, 1.54) is 17.4 Å². The van der Waals surface area contributed by atoms with Crippen molar-refractivity contribution in [1.29, 1.82) is 0 Å². The van der Waals surface area contributed by atoms with Crippen molar-refractivity contribution < 1.29 is 14.7 Å². The van der Waals surface area contributed by atoms with Crippen LogP contribution in [0.4, 0.5) is 5.82 Å². The van der Waals surface area contributed by atoms with Crippen LogP contribution in [0.15, 0.2) is 30.5 Å². The Balaban J connectivity index is 2.06. The Morgan fingerprint density at radius 3 is 2.84 bits per heavy atom. The summed E-state index contributed by atoms with van der Waals surface area (Å²) in [6.07, 6.45) is 4.21. The number of hydrogen-bond donors (Lipinski definition) is 2. The van der Waals surface area contributed by atoms with Gasteiger partial charge in [0, 0.05) is 30.3 Å². The monoisotopic (exact) mass is 277 g/mol. The number of thiophene rings is 1. The number of carbonyl (C=O) groups excluding carboxylic acids is 1. The average molecular weight is 277 g/mol. The number of amides is 1. The topological polar surface area (TPSA) is 84.2 Å². The highest BCUT2D eigenvalue weighted by Crippen LogP contribution is 2.19. The Kier molecular flexibility index (Phi) is 3.76. The van der Waals surface area contributed by atoms with E-state index in [1.807, 2.05) is 0 Å². The van der Waals surface area contributed by atoms with Crippen LogP contribution < -0.4 is 5.32 Å². The minimum atomic E-state index is -1.02. The molecule has 7 heteroatoms. The lowest BCUT2D eigenvalue weighted by atomic mass is 10.4. The number of nitrogens with one attached hydrogen (secondary N) is 1. The van der Waals surface area contributed by atoms with E-state index in [2.05, 4.69) is 10.4 Å². The number of carboxylic acids is 1. The molecule has 0 aliphatic heterocycles. The molecule has 2 rings (SSSR count). The summed E-state index contributed by atoms with van der Waals surface area (Å²) in [7, 11) is 1.76. The SMILES string of the molecule is Cn1ccc(NC(=O)c2ccc(/C=C/C(=O)O)s2)n1. The lowest BCUT2D eigenvalue weighted by Crippen LogP contribution is -2.10. The van der Waals surface area contributed by atoms with Gasteiger partial charge in [0.05, 0.1) is 4.88 Å². The molecule has 0 aliphatic carbocycles. The van der Waals surface area contributed by atoms with E-state index in [1.54, 1.807) is 36.1 Å². The van der Waals surface area contributed by atoms with Crippen molar-refractivity contribution in [2.24, 2.45) is 7.05 Å². The van der Waals surface area contributed by atoms with Crippen molar-refractivity contribution in [3.63, 3.8) is 0 Å². The fourth-order valence-electron chi connectivity index (χ4n) is 1.38. The standard InChI is InChI=1S/C12H11N3O3S/c1-15-7-6-10(14-15)13-12(18)9-4-2-8(19-9)3-5-11(16)17/h2-7H,1H3,(H,16,17)(H,13,14,18)/b5-3+. The third kappa shape index (κ3) is 3.52. The molecule has 2 N–H and O–H groups in total. The van der Waals surface area contributed by atoms with Crippen LogP contribution in [0, 0.1) is 0 Å². The van der Waals surface area contributed by atoms with Gasteiger partial charge in [0.2, 0.25) is 0 Å². The van der Waals surface area contributed by atoms with Crippen LogP contribution in [0.5, 0.6) is 0 Å². The lowest BCUT2D eigenvalue weighted by Gasteiger charge is -1.97. The summed E-state index contributed by atoms with van der Waals surface area (Å²) in [5.74, 6) is -0.810. The lowest BCUT2D eigenvalue weighted by molar-refractivity contribution is -0.131. The number of hydrogen-bond acceptors (Lipinski definition) is 4. The summed E-state index contributed by atoms with van der Waals surface area (Å²) in [6, 6.07) is 5.03. The number of aliphatic carboxylic acids is 1. The molecule has 6 nitrogen and oxygen atoms in total. The third-order valence-corrected chi connectivity index (χ3v) is 3.25. The quantitative estimate of drug-likeness (QED) is 0.835. The van der Waals surface area contributed by atoms with Crippen molar-refractivity contribution in [2.75, 3.05) is 5.32 Å². The largest absolute Gasteiger partial charge is 0.478 e. The minimum absolute atomic E-state index is 0.265. The molecule has 0 aromatic carbocycles. The van der Waals surface area contributed by atoms with Gasteiger partial charge in [-0.25, -0.2) is 4.79 Å². The molecular weight excluding hydrogens is 266 g/mol. The number of nitrogens with zero attached hydrogens (tertiary/aromatic N) is 2. The van der Waals surface area contributed by atoms with Gasteiger partial charge >= 0.3 is 5.97 Å². The Labute approximate surface area is 113 Å². The molecule has 0 aliphatic rings. The van der Waals surface area contributed by atoms with Crippen molar-refractivity contribution in [2.45, 2.75) is 0 Å². The van der Waals surface area contributed by atoms with E-state index < -0.39 is 5.97 Å². The second kappa shape index (κ2) is 5.49. The summed E-state index contributed by atoms with van der Waals surface area (Å²) in [5, 5.41) is 15.2. The van der Waals surface area contributed by atoms with Crippen molar-refractivity contribution in [3.8, 4) is 0 Å². The van der Waals surface area contributed by atoms with E-state index in [0.717, 1.165) is 6.08 Å². The highest BCUT2D eigenvalue weighted by Gasteiger charge is 2.10. The van der Waals surface area contributed by atoms with E-state index >= 15 is 0 Å². The zero-order chi connectivity index (χ0) is 13.8. The van der Waals surface area contributed by atoms with Crippen molar-refractivity contribution in [1.82, 2.24) is 9.78 Å². The fourth-order valence-corrected chi connectivity index (χ4v) is 2.18. The molecule has 0 saturated carbocycles. The zero-order valence-electron chi connectivity index (χ0n) is 10.0. The van der Waals surface area contributed by atoms with Crippen LogP contribution in [-0.4, -0.2) is 26.8 Å². The number of anilines is 1. The Morgan fingerprint density at radius 1 is 1.42 bits per heavy atom. The average Bonchev–Trinajstić information content (AvgIpc) is 2.95. The molecule has 1 amide bonds. The Bertz CT molecular complexity index is 642. The van der Waals surface area contributed by atoms with Gasteiger partial charge in [-0.05, 0) is 18.2 Å². The number of aromatic nitrogens is 2. The van der Waals surface area contributed by atoms with Gasteiger partial charge in [-0.15, -0.1) is 11.3 Å². The second-order valence-corrected chi connectivity index (χ2v) is 4.82. The maximum absolute atomic E-state index is 11.9. The van der Waals surface area contributed by atoms with E-state index in [9.17, 15) is 9.59 Å². The molecular formula is C12H11N3O3S. The van der Waals surface area contributed by atoms with Crippen LogP contribution in [0.3, 0.4) is 0 Å². The number of carboxylic acid groups (broad SMARTS) is 1. The fraction of sp³-hybridized carbons (Fsp3) is 0.0833. The zero-order valence-corrected chi connectivity index (χ0v) is 10.8. The molecule has 98 valence electrons. The highest BCUT2D eigenvalue weighted by atomic mass is 32.1. The molecule has 2 heterocycles.